The zero-order valence-corrected chi connectivity index (χ0v) is 10.2. The zero-order chi connectivity index (χ0) is 13.8. The normalized spacial score (nSPS) is 19.2. The van der Waals surface area contributed by atoms with Crippen molar-refractivity contribution in [2.45, 2.75) is 12.5 Å². The molecule has 0 bridgehead atoms. The van der Waals surface area contributed by atoms with Gasteiger partial charge in [-0.25, -0.2) is 0 Å². The van der Waals surface area contributed by atoms with Crippen LogP contribution in [0.25, 0.3) is 0 Å². The molecule has 1 aliphatic rings. The van der Waals surface area contributed by atoms with E-state index in [9.17, 15) is 14.4 Å². The highest BCUT2D eigenvalue weighted by molar-refractivity contribution is 5.94. The third kappa shape index (κ3) is 3.19. The van der Waals surface area contributed by atoms with Crippen molar-refractivity contribution in [1.29, 1.82) is 0 Å². The molecule has 2 N–H and O–H groups in total. The van der Waals surface area contributed by atoms with Crippen molar-refractivity contribution in [3.63, 3.8) is 0 Å². The van der Waals surface area contributed by atoms with Gasteiger partial charge in [0.05, 0.1) is 25.7 Å². The number of hydrogen-bond acceptors (Lipinski definition) is 4. The van der Waals surface area contributed by atoms with E-state index in [0.29, 0.717) is 13.2 Å². The van der Waals surface area contributed by atoms with Crippen molar-refractivity contribution in [3.8, 4) is 0 Å². The van der Waals surface area contributed by atoms with Gasteiger partial charge < -0.3 is 19.7 Å². The first kappa shape index (κ1) is 13.3. The van der Waals surface area contributed by atoms with Crippen LogP contribution in [-0.4, -0.2) is 52.7 Å². The summed E-state index contributed by atoms with van der Waals surface area (Å²) in [5.41, 5.74) is -0.116. The van der Waals surface area contributed by atoms with Crippen molar-refractivity contribution in [2.24, 2.45) is 0 Å². The molecule has 0 aromatic carbocycles. The lowest BCUT2D eigenvalue weighted by Gasteiger charge is -2.34. The topological polar surface area (TPSA) is 99.7 Å². The summed E-state index contributed by atoms with van der Waals surface area (Å²) in [6.07, 6.45) is 1.22. The molecule has 1 saturated heterocycles. The molecular formula is C12H14N2O5. The van der Waals surface area contributed by atoms with Crippen LogP contribution in [-0.2, 0) is 9.53 Å². The zero-order valence-electron chi connectivity index (χ0n) is 10.2. The molecule has 102 valence electrons. The summed E-state index contributed by atoms with van der Waals surface area (Å²) < 4.78 is 5.20. The van der Waals surface area contributed by atoms with Gasteiger partial charge in [-0.1, -0.05) is 0 Å². The maximum Gasteiger partial charge on any atom is 0.305 e. The van der Waals surface area contributed by atoms with Gasteiger partial charge in [-0.3, -0.25) is 14.4 Å². The van der Waals surface area contributed by atoms with Crippen molar-refractivity contribution >= 4 is 11.9 Å². The second kappa shape index (κ2) is 5.66. The summed E-state index contributed by atoms with van der Waals surface area (Å²) in [6.45, 7) is 0.885. The van der Waals surface area contributed by atoms with Gasteiger partial charge in [0.2, 0.25) is 5.56 Å². The molecule has 1 unspecified atom stereocenters. The molecule has 0 aliphatic carbocycles. The lowest BCUT2D eigenvalue weighted by Crippen LogP contribution is -2.49. The van der Waals surface area contributed by atoms with E-state index >= 15 is 0 Å². The minimum Gasteiger partial charge on any atom is -0.481 e. The minimum atomic E-state index is -0.987. The van der Waals surface area contributed by atoms with Crippen LogP contribution in [0, 0.1) is 0 Å². The Morgan fingerprint density at radius 3 is 3.00 bits per heavy atom. The van der Waals surface area contributed by atoms with Crippen LogP contribution in [0.5, 0.6) is 0 Å². The Morgan fingerprint density at radius 1 is 1.53 bits per heavy atom. The highest BCUT2D eigenvalue weighted by atomic mass is 16.5. The number of rotatable bonds is 3. The first-order chi connectivity index (χ1) is 9.08. The molecule has 19 heavy (non-hydrogen) atoms. The number of nitrogens with zero attached hydrogens (tertiary/aromatic N) is 1. The van der Waals surface area contributed by atoms with Gasteiger partial charge in [0.15, 0.2) is 0 Å². The van der Waals surface area contributed by atoms with Crippen LogP contribution in [0.2, 0.25) is 0 Å². The van der Waals surface area contributed by atoms with E-state index in [2.05, 4.69) is 4.98 Å². The molecule has 1 aliphatic heterocycles. The van der Waals surface area contributed by atoms with E-state index in [4.69, 9.17) is 9.84 Å². The Bertz CT molecular complexity index is 539. The van der Waals surface area contributed by atoms with Crippen LogP contribution in [0.3, 0.4) is 0 Å². The summed E-state index contributed by atoms with van der Waals surface area (Å²) in [6, 6.07) is 2.20. The molecule has 1 aromatic rings. The number of carboxylic acid groups (broad SMARTS) is 1. The number of carbonyl (C=O) groups is 2. The first-order valence-corrected chi connectivity index (χ1v) is 5.87. The van der Waals surface area contributed by atoms with Gasteiger partial charge >= 0.3 is 5.97 Å². The molecule has 1 amide bonds. The van der Waals surface area contributed by atoms with Gasteiger partial charge in [-0.2, -0.15) is 0 Å². The number of carbonyl (C=O) groups excluding carboxylic acids is 1. The fourth-order valence-electron chi connectivity index (χ4n) is 2.04. The monoisotopic (exact) mass is 266 g/mol. The number of morpholine rings is 1. The maximum atomic E-state index is 12.3. The molecular weight excluding hydrogens is 252 g/mol. The second-order valence-electron chi connectivity index (χ2n) is 4.27. The fourth-order valence-corrected chi connectivity index (χ4v) is 2.04. The van der Waals surface area contributed by atoms with E-state index in [-0.39, 0.29) is 30.1 Å². The summed E-state index contributed by atoms with van der Waals surface area (Å²) >= 11 is 0. The van der Waals surface area contributed by atoms with Crippen molar-refractivity contribution in [1.82, 2.24) is 9.88 Å². The van der Waals surface area contributed by atoms with Crippen molar-refractivity contribution in [3.05, 3.63) is 34.2 Å². The molecule has 1 fully saturated rings. The number of nitrogens with one attached hydrogen (secondary N) is 1. The first-order valence-electron chi connectivity index (χ1n) is 5.87. The van der Waals surface area contributed by atoms with E-state index in [1.807, 2.05) is 0 Å². The van der Waals surface area contributed by atoms with Gasteiger partial charge in [-0.05, 0) is 6.07 Å². The Balaban J connectivity index is 2.19. The predicted molar refractivity (Wildman–Crippen MR) is 65.0 cm³/mol. The Labute approximate surface area is 108 Å². The smallest absolute Gasteiger partial charge is 0.305 e. The number of aliphatic carboxylic acids is 1. The molecule has 1 aromatic heterocycles. The fraction of sp³-hybridized carbons (Fsp3) is 0.417. The van der Waals surface area contributed by atoms with E-state index in [0.717, 1.165) is 0 Å². The average Bonchev–Trinajstić information content (AvgIpc) is 2.38. The van der Waals surface area contributed by atoms with Crippen LogP contribution >= 0.6 is 0 Å². The number of ether oxygens (including phenoxy) is 1. The largest absolute Gasteiger partial charge is 0.481 e. The number of aromatic amines is 1. The van der Waals surface area contributed by atoms with E-state index < -0.39 is 12.0 Å². The van der Waals surface area contributed by atoms with Crippen molar-refractivity contribution < 1.29 is 19.4 Å². The lowest BCUT2D eigenvalue weighted by molar-refractivity contribution is -0.139. The molecule has 2 rings (SSSR count). The van der Waals surface area contributed by atoms with E-state index in [1.165, 1.54) is 23.2 Å². The van der Waals surface area contributed by atoms with Gasteiger partial charge in [0, 0.05) is 24.4 Å². The molecule has 0 spiro atoms. The number of amides is 1. The lowest BCUT2D eigenvalue weighted by atomic mass is 10.1. The quantitative estimate of drug-likeness (QED) is 0.781. The minimum absolute atomic E-state index is 0.172. The highest BCUT2D eigenvalue weighted by Gasteiger charge is 2.29. The van der Waals surface area contributed by atoms with Gasteiger partial charge in [0.1, 0.15) is 0 Å². The number of H-pyrrole nitrogens is 1. The third-order valence-corrected chi connectivity index (χ3v) is 2.92. The van der Waals surface area contributed by atoms with Crippen LogP contribution in [0.1, 0.15) is 16.8 Å². The van der Waals surface area contributed by atoms with Crippen molar-refractivity contribution in [2.75, 3.05) is 19.8 Å². The Kier molecular flexibility index (Phi) is 3.96. The van der Waals surface area contributed by atoms with Gasteiger partial charge in [0.25, 0.3) is 5.91 Å². The second-order valence-corrected chi connectivity index (χ2v) is 4.27. The molecule has 1 atom stereocenters. The van der Waals surface area contributed by atoms with Gasteiger partial charge in [-0.15, -0.1) is 0 Å². The van der Waals surface area contributed by atoms with Crippen LogP contribution in [0.4, 0.5) is 0 Å². The molecule has 2 heterocycles. The number of hydrogen-bond donors (Lipinski definition) is 2. The van der Waals surface area contributed by atoms with E-state index in [1.54, 1.807) is 0 Å². The maximum absolute atomic E-state index is 12.3. The summed E-state index contributed by atoms with van der Waals surface area (Å²) in [7, 11) is 0. The predicted octanol–water partition coefficient (Wildman–Crippen LogP) is -0.309. The SMILES string of the molecule is O=C(O)CC1COCCN1C(=O)c1cc[nH]c(=O)c1. The molecule has 7 nitrogen and oxygen atoms in total. The Hall–Kier alpha value is -2.15. The standard InChI is InChI=1S/C12H14N2O5/c15-10-5-8(1-2-13-10)12(18)14-3-4-19-7-9(14)6-11(16)17/h1-2,5,9H,3-4,6-7H2,(H,13,15)(H,16,17). The molecule has 0 saturated carbocycles. The number of aromatic nitrogens is 1. The Morgan fingerprint density at radius 2 is 2.32 bits per heavy atom. The average molecular weight is 266 g/mol. The summed E-state index contributed by atoms with van der Waals surface area (Å²) in [4.78, 5) is 38.1. The highest BCUT2D eigenvalue weighted by Crippen LogP contribution is 2.14. The number of pyridine rings is 1. The third-order valence-electron chi connectivity index (χ3n) is 2.92. The van der Waals surface area contributed by atoms with Crippen LogP contribution < -0.4 is 5.56 Å². The summed E-state index contributed by atoms with van der Waals surface area (Å²) in [5, 5.41) is 8.83. The molecule has 0 radical (unpaired) electrons. The number of carboxylic acids is 1. The summed E-state index contributed by atoms with van der Waals surface area (Å²) in [5.74, 6) is -1.33. The molecule has 7 heteroatoms. The van der Waals surface area contributed by atoms with Crippen LogP contribution in [0.15, 0.2) is 23.1 Å².